The molecule has 0 radical (unpaired) electrons. The van der Waals surface area contributed by atoms with Crippen LogP contribution in [0.4, 0.5) is 0 Å². The molecule has 1 amide bonds. The molecule has 36 heavy (non-hydrogen) atoms. The van der Waals surface area contributed by atoms with E-state index in [1.54, 1.807) is 0 Å². The summed E-state index contributed by atoms with van der Waals surface area (Å²) in [5, 5.41) is 66.3. The fourth-order valence-electron chi connectivity index (χ4n) is 5.60. The molecule has 3 aliphatic rings. The quantitative estimate of drug-likeness (QED) is 0.141. The largest absolute Gasteiger partial charge is 0.508 e. The Bertz CT molecular complexity index is 1190. The molecule has 0 saturated heterocycles. The molecule has 0 aromatic heterocycles. The third-order valence-electron chi connectivity index (χ3n) is 7.03. The van der Waals surface area contributed by atoms with Crippen LogP contribution in [-0.2, 0) is 39.5 Å². The second-order valence-electron chi connectivity index (χ2n) is 9.06. The van der Waals surface area contributed by atoms with Crippen molar-refractivity contribution >= 4 is 23.2 Å². The molecule has 3 aliphatic carbocycles. The van der Waals surface area contributed by atoms with Crippen molar-refractivity contribution < 1.29 is 75.5 Å². The van der Waals surface area contributed by atoms with Crippen LogP contribution in [0.5, 0.6) is 5.75 Å². The molecule has 6 atom stereocenters. The first-order chi connectivity index (χ1) is 15.2. The molecule has 1 aromatic carbocycles. The summed E-state index contributed by atoms with van der Waals surface area (Å²) in [5.41, 5.74) is -1.78. The van der Waals surface area contributed by atoms with E-state index in [1.165, 1.54) is 44.1 Å². The summed E-state index contributed by atoms with van der Waals surface area (Å²) >= 11 is 0. The van der Waals surface area contributed by atoms with E-state index in [1.807, 2.05) is 0 Å². The van der Waals surface area contributed by atoms with E-state index in [-0.39, 0.29) is 41.6 Å². The number of aliphatic hydroxyl groups excluding tert-OH is 3. The molecule has 1 saturated carbocycles. The Hall–Kier alpha value is -2.71. The third kappa shape index (κ3) is 3.60. The third-order valence-corrected chi connectivity index (χ3v) is 7.03. The SMILES string of the molecule is CN(C)[C@@H]1C(=O)C(C(N)=O)=C(O)[C@@]2(O)C(=O)C3=C(O)c4c(O)cccc4[C@@](C)(O)[C@H]3[C@H](O)[C@@H]12.O.O.[Zn]. The number of phenolic OH excluding ortho intramolecular Hbond substituents is 1. The summed E-state index contributed by atoms with van der Waals surface area (Å²) in [7, 11) is 2.80. The van der Waals surface area contributed by atoms with Crippen molar-refractivity contribution in [1.82, 2.24) is 4.90 Å². The van der Waals surface area contributed by atoms with Gasteiger partial charge in [0.1, 0.15) is 22.8 Å². The molecule has 14 heteroatoms. The van der Waals surface area contributed by atoms with Gasteiger partial charge in [-0.05, 0) is 32.6 Å². The number of nitrogens with zero attached hydrogens (tertiary/aromatic N) is 1. The fourth-order valence-corrected chi connectivity index (χ4v) is 5.60. The molecule has 1 aromatic rings. The Kier molecular flexibility index (Phi) is 8.38. The number of rotatable bonds is 2. The van der Waals surface area contributed by atoms with Crippen LogP contribution in [0.1, 0.15) is 18.1 Å². The molecule has 0 aliphatic heterocycles. The second kappa shape index (κ2) is 9.63. The number of aromatic hydroxyl groups is 1. The summed E-state index contributed by atoms with van der Waals surface area (Å²) in [6.45, 7) is 1.25. The minimum Gasteiger partial charge on any atom is -0.508 e. The first-order valence-corrected chi connectivity index (χ1v) is 10.1. The van der Waals surface area contributed by atoms with Crippen molar-refractivity contribution in [1.29, 1.82) is 0 Å². The molecular weight excluding hydrogens is 534 g/mol. The molecule has 12 N–H and O–H groups in total. The van der Waals surface area contributed by atoms with Gasteiger partial charge >= 0.3 is 0 Å². The predicted octanol–water partition coefficient (Wildman–Crippen LogP) is -3.05. The first kappa shape index (κ1) is 31.3. The van der Waals surface area contributed by atoms with Gasteiger partial charge in [0.15, 0.2) is 11.4 Å². The van der Waals surface area contributed by atoms with Crippen LogP contribution >= 0.6 is 0 Å². The van der Waals surface area contributed by atoms with Crippen LogP contribution in [0.2, 0.25) is 0 Å². The van der Waals surface area contributed by atoms with Gasteiger partial charge < -0.3 is 47.3 Å². The Labute approximate surface area is 217 Å². The van der Waals surface area contributed by atoms with E-state index in [0.717, 1.165) is 0 Å². The smallest absolute Gasteiger partial charge is 0.255 e. The Morgan fingerprint density at radius 2 is 1.64 bits per heavy atom. The molecule has 0 bridgehead atoms. The van der Waals surface area contributed by atoms with E-state index in [4.69, 9.17) is 5.73 Å². The molecule has 0 spiro atoms. The van der Waals surface area contributed by atoms with Crippen molar-refractivity contribution in [2.24, 2.45) is 17.6 Å². The zero-order chi connectivity index (χ0) is 24.8. The number of carbonyl (C=O) groups excluding carboxylic acids is 3. The molecular formula is C22H28N2O11Zn. The number of fused-ring (bicyclic) bond motifs is 3. The number of Topliss-reactive ketones (excluding diaryl/α,β-unsaturated/α-hetero) is 2. The van der Waals surface area contributed by atoms with Gasteiger partial charge in [-0.25, -0.2) is 0 Å². The summed E-state index contributed by atoms with van der Waals surface area (Å²) in [6.07, 6.45) is -1.87. The topological polar surface area (TPSA) is 265 Å². The Morgan fingerprint density at radius 3 is 2.14 bits per heavy atom. The Morgan fingerprint density at radius 1 is 1.08 bits per heavy atom. The van der Waals surface area contributed by atoms with E-state index < -0.39 is 81.1 Å². The number of aliphatic hydroxyl groups is 5. The number of phenols is 1. The van der Waals surface area contributed by atoms with Gasteiger partial charge in [0.05, 0.1) is 40.7 Å². The number of nitrogens with two attached hydrogens (primary N) is 1. The molecule has 1 fully saturated rings. The van der Waals surface area contributed by atoms with Gasteiger partial charge in [0.2, 0.25) is 5.78 Å². The number of benzene rings is 1. The number of carbonyl (C=O) groups is 3. The zero-order valence-electron chi connectivity index (χ0n) is 19.7. The van der Waals surface area contributed by atoms with Crippen LogP contribution in [-0.4, -0.2) is 95.8 Å². The minimum absolute atomic E-state index is 0. The monoisotopic (exact) mass is 560 g/mol. The van der Waals surface area contributed by atoms with Gasteiger partial charge in [0.25, 0.3) is 5.91 Å². The van der Waals surface area contributed by atoms with Gasteiger partial charge in [-0.15, -0.1) is 0 Å². The van der Waals surface area contributed by atoms with Crippen LogP contribution < -0.4 is 5.73 Å². The van der Waals surface area contributed by atoms with Crippen LogP contribution in [0, 0.1) is 11.8 Å². The number of hydrogen-bond donors (Lipinski definition) is 7. The summed E-state index contributed by atoms with van der Waals surface area (Å²) in [6, 6.07) is 2.50. The van der Waals surface area contributed by atoms with Crippen LogP contribution in [0.15, 0.2) is 35.1 Å². The van der Waals surface area contributed by atoms with Crippen molar-refractivity contribution in [3.8, 4) is 5.75 Å². The van der Waals surface area contributed by atoms with Gasteiger partial charge in [-0.3, -0.25) is 19.3 Å². The molecule has 0 unspecified atom stereocenters. The van der Waals surface area contributed by atoms with Gasteiger partial charge in [-0.2, -0.15) is 0 Å². The van der Waals surface area contributed by atoms with Gasteiger partial charge in [-0.1, -0.05) is 12.1 Å². The van der Waals surface area contributed by atoms with Gasteiger partial charge in [0, 0.05) is 19.5 Å². The van der Waals surface area contributed by atoms with Crippen molar-refractivity contribution in [2.45, 2.75) is 30.3 Å². The number of primary amides is 1. The van der Waals surface area contributed by atoms with E-state index >= 15 is 0 Å². The van der Waals surface area contributed by atoms with Crippen molar-refractivity contribution in [2.75, 3.05) is 14.1 Å². The Balaban J connectivity index is 0.00000216. The number of amides is 1. The van der Waals surface area contributed by atoms with Crippen molar-refractivity contribution in [3.05, 3.63) is 46.2 Å². The number of hydrogen-bond acceptors (Lipinski definition) is 10. The van der Waals surface area contributed by atoms with Crippen LogP contribution in [0.25, 0.3) is 5.76 Å². The average molecular weight is 562 g/mol. The molecule has 13 nitrogen and oxygen atoms in total. The van der Waals surface area contributed by atoms with Crippen molar-refractivity contribution in [3.63, 3.8) is 0 Å². The number of ketones is 2. The second-order valence-corrected chi connectivity index (χ2v) is 9.06. The maximum absolute atomic E-state index is 13.7. The standard InChI is InChI=1S/C22H24N2O9.2H2O.Zn/c1-21(32)7-5-4-6-8(25)9(7)15(26)10-12(21)17(28)13-14(24(2)3)16(27)11(20(23)31)19(30)22(13,33)18(10)29;;;/h4-6,12-14,17,25-26,28,30,32-33H,1-3H3,(H2,23,31);2*1H2;/t12-,13-,14+,17+,21-,22+;;;/m1.../s1. The number of likely N-dealkylation sites (N-methyl/N-ethyl adjacent to an activating group) is 1. The normalized spacial score (nSPS) is 33.0. The maximum Gasteiger partial charge on any atom is 0.255 e. The summed E-state index contributed by atoms with van der Waals surface area (Å²) in [4.78, 5) is 39.9. The van der Waals surface area contributed by atoms with E-state index in [2.05, 4.69) is 0 Å². The van der Waals surface area contributed by atoms with Crippen LogP contribution in [0.3, 0.4) is 0 Å². The first-order valence-electron chi connectivity index (χ1n) is 10.1. The molecule has 194 valence electrons. The summed E-state index contributed by atoms with van der Waals surface area (Å²) < 4.78 is 0. The predicted molar refractivity (Wildman–Crippen MR) is 119 cm³/mol. The average Bonchev–Trinajstić information content (AvgIpc) is 2.70. The maximum atomic E-state index is 13.7. The molecule has 0 heterocycles. The van der Waals surface area contributed by atoms with E-state index in [9.17, 15) is 45.0 Å². The molecule has 4 rings (SSSR count). The zero-order valence-corrected chi connectivity index (χ0v) is 22.6. The summed E-state index contributed by atoms with van der Waals surface area (Å²) in [5.74, 6) is -9.67. The minimum atomic E-state index is -3.02. The fraction of sp³-hybridized carbons (Fsp3) is 0.409. The van der Waals surface area contributed by atoms with E-state index in [0.29, 0.717) is 0 Å².